The Balaban J connectivity index is 1.88. The number of likely N-dealkylation sites (N-methyl/N-ethyl adjacent to an activating group) is 1. The van der Waals surface area contributed by atoms with Gasteiger partial charge >= 0.3 is 0 Å². The van der Waals surface area contributed by atoms with Crippen molar-refractivity contribution >= 4 is 5.95 Å². The molecular formula is C15H26N4O2. The maximum atomic E-state index is 10.5. The topological polar surface area (TPSA) is 70.5 Å². The number of anilines is 1. The van der Waals surface area contributed by atoms with Crippen molar-refractivity contribution in [1.29, 1.82) is 0 Å². The zero-order valence-corrected chi connectivity index (χ0v) is 13.0. The molecule has 0 atom stereocenters. The van der Waals surface area contributed by atoms with E-state index in [-0.39, 0.29) is 0 Å². The number of hydrogen-bond donors (Lipinski definition) is 2. The van der Waals surface area contributed by atoms with Crippen LogP contribution in [0.3, 0.4) is 0 Å². The normalized spacial score (nSPS) is 17.7. The van der Waals surface area contributed by atoms with E-state index < -0.39 is 5.60 Å². The molecule has 0 radical (unpaired) electrons. The van der Waals surface area contributed by atoms with Crippen molar-refractivity contribution in [3.63, 3.8) is 0 Å². The van der Waals surface area contributed by atoms with Gasteiger partial charge < -0.3 is 20.1 Å². The van der Waals surface area contributed by atoms with Gasteiger partial charge in [-0.05, 0) is 13.0 Å². The fraction of sp³-hybridized carbons (Fsp3) is 0.733. The molecule has 2 N–H and O–H groups in total. The van der Waals surface area contributed by atoms with Gasteiger partial charge in [0.2, 0.25) is 5.95 Å². The molecule has 0 saturated carbocycles. The number of aromatic nitrogens is 2. The number of hydrogen-bond acceptors (Lipinski definition) is 6. The average Bonchev–Trinajstić information content (AvgIpc) is 2.48. The second kappa shape index (κ2) is 7.68. The van der Waals surface area contributed by atoms with Crippen LogP contribution in [0.1, 0.15) is 31.7 Å². The van der Waals surface area contributed by atoms with E-state index in [1.54, 1.807) is 0 Å². The predicted octanol–water partition coefficient (Wildman–Crippen LogP) is 0.954. The smallest absolute Gasteiger partial charge is 0.225 e. The highest BCUT2D eigenvalue weighted by atomic mass is 16.5. The summed E-state index contributed by atoms with van der Waals surface area (Å²) in [6.07, 6.45) is 6.13. The molecule has 0 spiro atoms. The van der Waals surface area contributed by atoms with Gasteiger partial charge in [0.1, 0.15) is 0 Å². The fourth-order valence-electron chi connectivity index (χ4n) is 2.47. The monoisotopic (exact) mass is 294 g/mol. The van der Waals surface area contributed by atoms with Crippen LogP contribution in [0.2, 0.25) is 0 Å². The van der Waals surface area contributed by atoms with Crippen LogP contribution < -0.4 is 10.2 Å². The van der Waals surface area contributed by atoms with E-state index >= 15 is 0 Å². The Morgan fingerprint density at radius 3 is 2.62 bits per heavy atom. The fourth-order valence-corrected chi connectivity index (χ4v) is 2.47. The van der Waals surface area contributed by atoms with Gasteiger partial charge in [-0.1, -0.05) is 6.92 Å². The van der Waals surface area contributed by atoms with E-state index in [4.69, 9.17) is 4.74 Å². The van der Waals surface area contributed by atoms with Crippen molar-refractivity contribution in [2.24, 2.45) is 0 Å². The SMILES string of the molecule is CCCNCc1cnc(N(C)CC2(O)CCOCC2)nc1. The summed E-state index contributed by atoms with van der Waals surface area (Å²) in [6, 6.07) is 0. The van der Waals surface area contributed by atoms with Crippen molar-refractivity contribution in [2.75, 3.05) is 38.3 Å². The summed E-state index contributed by atoms with van der Waals surface area (Å²) >= 11 is 0. The molecule has 6 heteroatoms. The molecule has 0 amide bonds. The van der Waals surface area contributed by atoms with Crippen LogP contribution in [-0.4, -0.2) is 54.0 Å². The lowest BCUT2D eigenvalue weighted by atomic mass is 9.94. The molecule has 0 unspecified atom stereocenters. The van der Waals surface area contributed by atoms with Gasteiger partial charge in [-0.2, -0.15) is 0 Å². The molecule has 1 aromatic rings. The lowest BCUT2D eigenvalue weighted by molar-refractivity contribution is -0.0574. The molecule has 2 rings (SSSR count). The molecule has 118 valence electrons. The van der Waals surface area contributed by atoms with Crippen molar-refractivity contribution in [1.82, 2.24) is 15.3 Å². The Morgan fingerprint density at radius 1 is 1.33 bits per heavy atom. The lowest BCUT2D eigenvalue weighted by Gasteiger charge is -2.35. The number of ether oxygens (including phenoxy) is 1. The third-order valence-corrected chi connectivity index (χ3v) is 3.74. The van der Waals surface area contributed by atoms with Crippen LogP contribution in [-0.2, 0) is 11.3 Å². The van der Waals surface area contributed by atoms with E-state index in [2.05, 4.69) is 22.2 Å². The summed E-state index contributed by atoms with van der Waals surface area (Å²) < 4.78 is 5.30. The molecule has 21 heavy (non-hydrogen) atoms. The quantitative estimate of drug-likeness (QED) is 0.730. The Morgan fingerprint density at radius 2 is 2.00 bits per heavy atom. The standard InChI is InChI=1S/C15H26N4O2/c1-3-6-16-9-13-10-17-14(18-11-13)19(2)12-15(20)4-7-21-8-5-15/h10-11,16,20H,3-9,12H2,1-2H3. The van der Waals surface area contributed by atoms with E-state index in [1.165, 1.54) is 0 Å². The first kappa shape index (κ1) is 16.1. The second-order valence-corrected chi connectivity index (χ2v) is 5.76. The molecule has 1 aliphatic heterocycles. The maximum absolute atomic E-state index is 10.5. The van der Waals surface area contributed by atoms with Gasteiger partial charge in [-0.3, -0.25) is 0 Å². The zero-order chi connectivity index (χ0) is 15.1. The molecule has 6 nitrogen and oxygen atoms in total. The Kier molecular flexibility index (Phi) is 5.90. The number of aliphatic hydroxyl groups is 1. The van der Waals surface area contributed by atoms with Gasteiger partial charge in [0.25, 0.3) is 0 Å². The summed E-state index contributed by atoms with van der Waals surface area (Å²) in [5, 5.41) is 13.8. The maximum Gasteiger partial charge on any atom is 0.225 e. The van der Waals surface area contributed by atoms with Crippen LogP contribution in [0.5, 0.6) is 0 Å². The van der Waals surface area contributed by atoms with Crippen LogP contribution in [0.4, 0.5) is 5.95 Å². The van der Waals surface area contributed by atoms with Crippen molar-refractivity contribution in [3.05, 3.63) is 18.0 Å². The third kappa shape index (κ3) is 4.91. The Bertz CT molecular complexity index is 418. The second-order valence-electron chi connectivity index (χ2n) is 5.76. The minimum atomic E-state index is -0.697. The summed E-state index contributed by atoms with van der Waals surface area (Å²) in [5.41, 5.74) is 0.378. The minimum Gasteiger partial charge on any atom is -0.388 e. The van der Waals surface area contributed by atoms with Gasteiger partial charge in [0.05, 0.1) is 5.60 Å². The number of nitrogens with one attached hydrogen (secondary N) is 1. The summed E-state index contributed by atoms with van der Waals surface area (Å²) in [5.74, 6) is 0.647. The first-order valence-electron chi connectivity index (χ1n) is 7.66. The van der Waals surface area contributed by atoms with Crippen molar-refractivity contribution < 1.29 is 9.84 Å². The predicted molar refractivity (Wildman–Crippen MR) is 82.3 cm³/mol. The first-order chi connectivity index (χ1) is 10.1. The molecule has 1 saturated heterocycles. The number of rotatable bonds is 7. The summed E-state index contributed by atoms with van der Waals surface area (Å²) in [7, 11) is 1.91. The largest absolute Gasteiger partial charge is 0.388 e. The Hall–Kier alpha value is -1.24. The van der Waals surface area contributed by atoms with Crippen LogP contribution in [0.25, 0.3) is 0 Å². The molecule has 1 aromatic heterocycles. The number of nitrogens with zero attached hydrogens (tertiary/aromatic N) is 3. The zero-order valence-electron chi connectivity index (χ0n) is 13.0. The molecule has 0 bridgehead atoms. The highest BCUT2D eigenvalue weighted by Crippen LogP contribution is 2.22. The van der Waals surface area contributed by atoms with Crippen molar-refractivity contribution in [3.8, 4) is 0 Å². The van der Waals surface area contributed by atoms with E-state index in [1.807, 2.05) is 24.3 Å². The van der Waals surface area contributed by atoms with Gasteiger partial charge in [0, 0.05) is 64.1 Å². The van der Waals surface area contributed by atoms with Crippen LogP contribution in [0, 0.1) is 0 Å². The van der Waals surface area contributed by atoms with Crippen molar-refractivity contribution in [2.45, 2.75) is 38.3 Å². The highest BCUT2D eigenvalue weighted by Gasteiger charge is 2.31. The van der Waals surface area contributed by atoms with Gasteiger partial charge in [-0.25, -0.2) is 9.97 Å². The third-order valence-electron chi connectivity index (χ3n) is 3.74. The minimum absolute atomic E-state index is 0.532. The summed E-state index contributed by atoms with van der Waals surface area (Å²) in [4.78, 5) is 10.7. The van der Waals surface area contributed by atoms with Crippen LogP contribution in [0.15, 0.2) is 12.4 Å². The molecule has 0 aliphatic carbocycles. The highest BCUT2D eigenvalue weighted by molar-refractivity contribution is 5.29. The van der Waals surface area contributed by atoms with Crippen LogP contribution >= 0.6 is 0 Å². The average molecular weight is 294 g/mol. The van der Waals surface area contributed by atoms with E-state index in [0.29, 0.717) is 38.5 Å². The molecule has 1 aliphatic rings. The van der Waals surface area contributed by atoms with Gasteiger partial charge in [-0.15, -0.1) is 0 Å². The lowest BCUT2D eigenvalue weighted by Crippen LogP contribution is -2.46. The molecular weight excluding hydrogens is 268 g/mol. The van der Waals surface area contributed by atoms with Gasteiger partial charge in [0.15, 0.2) is 0 Å². The molecule has 0 aromatic carbocycles. The molecule has 1 fully saturated rings. The molecule has 2 heterocycles. The first-order valence-corrected chi connectivity index (χ1v) is 7.66. The van der Waals surface area contributed by atoms with E-state index in [9.17, 15) is 5.11 Å². The Labute approximate surface area is 126 Å². The summed E-state index contributed by atoms with van der Waals surface area (Å²) in [6.45, 7) is 5.70. The van der Waals surface area contributed by atoms with E-state index in [0.717, 1.165) is 25.1 Å².